The van der Waals surface area contributed by atoms with Crippen LogP contribution in [-0.4, -0.2) is 28.4 Å². The van der Waals surface area contributed by atoms with Crippen LogP contribution in [-0.2, 0) is 0 Å². The van der Waals surface area contributed by atoms with Gasteiger partial charge >= 0.3 is 6.36 Å². The van der Waals surface area contributed by atoms with Crippen LogP contribution >= 0.6 is 11.6 Å². The van der Waals surface area contributed by atoms with E-state index < -0.39 is 12.1 Å². The van der Waals surface area contributed by atoms with Gasteiger partial charge in [-0.25, -0.2) is 0 Å². The minimum Gasteiger partial charge on any atom is -0.404 e. The number of rotatable bonds is 4. The largest absolute Gasteiger partial charge is 0.573 e. The molecule has 0 fully saturated rings. The van der Waals surface area contributed by atoms with Crippen LogP contribution in [0.4, 0.5) is 30.8 Å². The molecule has 0 atom stereocenters. The molecule has 1 heterocycles. The zero-order valence-corrected chi connectivity index (χ0v) is 11.3. The third kappa shape index (κ3) is 4.35. The molecule has 1 aromatic heterocycles. The van der Waals surface area contributed by atoms with E-state index in [2.05, 4.69) is 30.3 Å². The van der Waals surface area contributed by atoms with Crippen molar-refractivity contribution in [1.29, 1.82) is 0 Å². The van der Waals surface area contributed by atoms with E-state index in [1.165, 1.54) is 18.2 Å². The molecule has 0 aliphatic rings. The molecule has 0 aliphatic heterocycles. The fourth-order valence-corrected chi connectivity index (χ4v) is 1.58. The van der Waals surface area contributed by atoms with Crippen LogP contribution in [0.2, 0.25) is 5.28 Å². The second-order valence-electron chi connectivity index (χ2n) is 3.67. The van der Waals surface area contributed by atoms with E-state index in [9.17, 15) is 13.2 Å². The lowest BCUT2D eigenvalue weighted by Gasteiger charge is -2.13. The summed E-state index contributed by atoms with van der Waals surface area (Å²) in [6.07, 6.45) is -4.80. The van der Waals surface area contributed by atoms with E-state index in [0.717, 1.165) is 6.07 Å². The molecule has 0 aliphatic carbocycles. The summed E-state index contributed by atoms with van der Waals surface area (Å²) < 4.78 is 40.9. The van der Waals surface area contributed by atoms with Crippen LogP contribution < -0.4 is 15.4 Å². The van der Waals surface area contributed by atoms with Gasteiger partial charge in [0.1, 0.15) is 0 Å². The Morgan fingerprint density at radius 2 is 1.76 bits per heavy atom. The predicted molar refractivity (Wildman–Crippen MR) is 70.8 cm³/mol. The Balaban J connectivity index is 2.29. The standard InChI is InChI=1S/C11H9ClF3N5O/c1-16-9-18-8(12)19-10(20-9)17-6-4-2-3-5-7(6)21-11(13,14)15/h2-5H,1H3,(H2,16,17,18,19,20). The number of aromatic nitrogens is 3. The Labute approximate surface area is 122 Å². The number of anilines is 3. The Morgan fingerprint density at radius 3 is 2.43 bits per heavy atom. The number of alkyl halides is 3. The molecule has 1 aromatic carbocycles. The van der Waals surface area contributed by atoms with Crippen molar-refractivity contribution in [2.45, 2.75) is 6.36 Å². The predicted octanol–water partition coefficient (Wildman–Crippen LogP) is 3.21. The summed E-state index contributed by atoms with van der Waals surface area (Å²) in [5.41, 5.74) is 0.0409. The van der Waals surface area contributed by atoms with Gasteiger partial charge in [0.05, 0.1) is 5.69 Å². The van der Waals surface area contributed by atoms with Crippen molar-refractivity contribution >= 4 is 29.2 Å². The molecule has 2 N–H and O–H groups in total. The topological polar surface area (TPSA) is 72.0 Å². The average Bonchev–Trinajstić information content (AvgIpc) is 2.38. The van der Waals surface area contributed by atoms with E-state index in [0.29, 0.717) is 0 Å². The number of benzene rings is 1. The highest BCUT2D eigenvalue weighted by atomic mass is 35.5. The van der Waals surface area contributed by atoms with Crippen molar-refractivity contribution in [1.82, 2.24) is 15.0 Å². The lowest BCUT2D eigenvalue weighted by molar-refractivity contribution is -0.274. The SMILES string of the molecule is CNc1nc(Cl)nc(Nc2ccccc2OC(F)(F)F)n1. The fraction of sp³-hybridized carbons (Fsp3) is 0.182. The molecule has 0 radical (unpaired) electrons. The van der Waals surface area contributed by atoms with Crippen molar-refractivity contribution in [3.63, 3.8) is 0 Å². The normalized spacial score (nSPS) is 11.1. The van der Waals surface area contributed by atoms with E-state index in [1.807, 2.05) is 0 Å². The van der Waals surface area contributed by atoms with Crippen LogP contribution in [0.25, 0.3) is 0 Å². The van der Waals surface area contributed by atoms with Crippen LogP contribution in [0.5, 0.6) is 5.75 Å². The highest BCUT2D eigenvalue weighted by Gasteiger charge is 2.32. The first kappa shape index (κ1) is 15.1. The van der Waals surface area contributed by atoms with Crippen molar-refractivity contribution in [2.24, 2.45) is 0 Å². The van der Waals surface area contributed by atoms with E-state index >= 15 is 0 Å². The molecule has 2 rings (SSSR count). The summed E-state index contributed by atoms with van der Waals surface area (Å²) >= 11 is 5.69. The van der Waals surface area contributed by atoms with Gasteiger partial charge in [-0.3, -0.25) is 0 Å². The number of halogens is 4. The first-order valence-corrected chi connectivity index (χ1v) is 5.96. The summed E-state index contributed by atoms with van der Waals surface area (Å²) in [6.45, 7) is 0. The molecular formula is C11H9ClF3N5O. The van der Waals surface area contributed by atoms with Gasteiger partial charge in [0.2, 0.25) is 17.2 Å². The summed E-state index contributed by atoms with van der Waals surface area (Å²) in [5.74, 6) is -0.253. The molecule has 0 amide bonds. The van der Waals surface area contributed by atoms with Gasteiger partial charge in [-0.15, -0.1) is 13.2 Å². The summed E-state index contributed by atoms with van der Waals surface area (Å²) in [6, 6.07) is 5.49. The second kappa shape index (κ2) is 6.00. The van der Waals surface area contributed by atoms with Gasteiger partial charge < -0.3 is 15.4 Å². The first-order chi connectivity index (χ1) is 9.87. The van der Waals surface area contributed by atoms with Gasteiger partial charge in [-0.05, 0) is 23.7 Å². The van der Waals surface area contributed by atoms with Crippen molar-refractivity contribution in [2.75, 3.05) is 17.7 Å². The quantitative estimate of drug-likeness (QED) is 0.901. The molecule has 2 aromatic rings. The smallest absolute Gasteiger partial charge is 0.404 e. The monoisotopic (exact) mass is 319 g/mol. The lowest BCUT2D eigenvalue weighted by Crippen LogP contribution is -2.18. The zero-order valence-electron chi connectivity index (χ0n) is 10.6. The number of ether oxygens (including phenoxy) is 1. The van der Waals surface area contributed by atoms with Crippen molar-refractivity contribution in [3.8, 4) is 5.75 Å². The highest BCUT2D eigenvalue weighted by molar-refractivity contribution is 6.28. The highest BCUT2D eigenvalue weighted by Crippen LogP contribution is 2.31. The summed E-state index contributed by atoms with van der Waals surface area (Å²) in [4.78, 5) is 11.4. The number of hydrogen-bond acceptors (Lipinski definition) is 6. The molecule has 0 saturated carbocycles. The molecule has 0 spiro atoms. The van der Waals surface area contributed by atoms with Crippen LogP contribution in [0.1, 0.15) is 0 Å². The van der Waals surface area contributed by atoms with Gasteiger partial charge in [0.15, 0.2) is 5.75 Å². The molecule has 6 nitrogen and oxygen atoms in total. The Hall–Kier alpha value is -2.29. The molecule has 0 bridgehead atoms. The van der Waals surface area contributed by atoms with Crippen LogP contribution in [0.15, 0.2) is 24.3 Å². The number of hydrogen-bond donors (Lipinski definition) is 2. The van der Waals surface area contributed by atoms with Gasteiger partial charge in [-0.2, -0.15) is 15.0 Å². The number of nitrogens with one attached hydrogen (secondary N) is 2. The van der Waals surface area contributed by atoms with Crippen molar-refractivity contribution in [3.05, 3.63) is 29.5 Å². The summed E-state index contributed by atoms with van der Waals surface area (Å²) in [5, 5.41) is 5.14. The van der Waals surface area contributed by atoms with Crippen LogP contribution in [0, 0.1) is 0 Å². The summed E-state index contributed by atoms with van der Waals surface area (Å²) in [7, 11) is 1.57. The molecular weight excluding hydrogens is 311 g/mol. The molecule has 0 saturated heterocycles. The molecule has 112 valence electrons. The second-order valence-corrected chi connectivity index (χ2v) is 4.01. The maximum absolute atomic E-state index is 12.3. The fourth-order valence-electron chi connectivity index (χ4n) is 1.42. The Morgan fingerprint density at radius 1 is 1.10 bits per heavy atom. The van der Waals surface area contributed by atoms with Crippen molar-refractivity contribution < 1.29 is 17.9 Å². The first-order valence-electron chi connectivity index (χ1n) is 5.58. The number of para-hydroxylation sites is 2. The average molecular weight is 320 g/mol. The molecule has 21 heavy (non-hydrogen) atoms. The van der Waals surface area contributed by atoms with Crippen LogP contribution in [0.3, 0.4) is 0 Å². The minimum absolute atomic E-state index is 0.0161. The van der Waals surface area contributed by atoms with E-state index in [4.69, 9.17) is 11.6 Å². The van der Waals surface area contributed by atoms with E-state index in [1.54, 1.807) is 7.05 Å². The third-order valence-corrected chi connectivity index (χ3v) is 2.36. The van der Waals surface area contributed by atoms with E-state index in [-0.39, 0.29) is 22.9 Å². The minimum atomic E-state index is -4.80. The third-order valence-electron chi connectivity index (χ3n) is 2.19. The lowest BCUT2D eigenvalue weighted by atomic mass is 10.3. The zero-order chi connectivity index (χ0) is 15.5. The van der Waals surface area contributed by atoms with Gasteiger partial charge in [0.25, 0.3) is 0 Å². The maximum Gasteiger partial charge on any atom is 0.573 e. The maximum atomic E-state index is 12.3. The van der Waals surface area contributed by atoms with Gasteiger partial charge in [-0.1, -0.05) is 12.1 Å². The molecule has 0 unspecified atom stereocenters. The number of nitrogens with zero attached hydrogens (tertiary/aromatic N) is 3. The molecule has 10 heteroatoms. The van der Waals surface area contributed by atoms with Gasteiger partial charge in [0, 0.05) is 7.05 Å². The Bertz CT molecular complexity index is 637. The Kier molecular flexibility index (Phi) is 4.32.